The van der Waals surface area contributed by atoms with E-state index >= 15 is 0 Å². The molecule has 0 atom stereocenters. The standard InChI is InChI=1S/C20H27N3O4S/c1-12-11-18(21-27-12)20(24)22-7-9-23(10-8-22)28(25,26)19-16(5)14(3)13(2)15(4)17(19)6/h11H,7-10H2,1-6H3. The summed E-state index contributed by atoms with van der Waals surface area (Å²) < 4.78 is 33.2. The molecular formula is C20H27N3O4S. The number of carbonyl (C=O) groups is 1. The van der Waals surface area contributed by atoms with Gasteiger partial charge in [-0.05, 0) is 69.4 Å². The molecule has 0 radical (unpaired) electrons. The van der Waals surface area contributed by atoms with Crippen LogP contribution in [0.15, 0.2) is 15.5 Å². The minimum absolute atomic E-state index is 0.233. The molecule has 152 valence electrons. The predicted molar refractivity (Wildman–Crippen MR) is 106 cm³/mol. The summed E-state index contributed by atoms with van der Waals surface area (Å²) in [6, 6.07) is 1.59. The van der Waals surface area contributed by atoms with Gasteiger partial charge in [0.05, 0.1) is 4.90 Å². The van der Waals surface area contributed by atoms with E-state index in [1.54, 1.807) is 17.9 Å². The Morgan fingerprint density at radius 3 is 1.86 bits per heavy atom. The highest BCUT2D eigenvalue weighted by atomic mass is 32.2. The average Bonchev–Trinajstić information content (AvgIpc) is 3.10. The topological polar surface area (TPSA) is 83.7 Å². The number of hydrogen-bond acceptors (Lipinski definition) is 5. The molecule has 28 heavy (non-hydrogen) atoms. The van der Waals surface area contributed by atoms with Gasteiger partial charge < -0.3 is 9.42 Å². The van der Waals surface area contributed by atoms with E-state index in [-0.39, 0.29) is 24.7 Å². The molecule has 0 spiro atoms. The molecule has 0 N–H and O–H groups in total. The Bertz CT molecular complexity index is 1000. The predicted octanol–water partition coefficient (Wildman–Crippen LogP) is 2.67. The molecule has 1 saturated heterocycles. The molecule has 0 unspecified atom stereocenters. The van der Waals surface area contributed by atoms with Crippen molar-refractivity contribution in [3.63, 3.8) is 0 Å². The zero-order valence-electron chi connectivity index (χ0n) is 17.3. The van der Waals surface area contributed by atoms with Gasteiger partial charge in [0.25, 0.3) is 5.91 Å². The number of nitrogens with zero attached hydrogens (tertiary/aromatic N) is 3. The lowest BCUT2D eigenvalue weighted by Crippen LogP contribution is -2.50. The molecule has 3 rings (SSSR count). The van der Waals surface area contributed by atoms with Crippen LogP contribution in [-0.2, 0) is 10.0 Å². The number of benzene rings is 1. The van der Waals surface area contributed by atoms with Gasteiger partial charge in [-0.3, -0.25) is 4.79 Å². The fourth-order valence-electron chi connectivity index (χ4n) is 3.74. The van der Waals surface area contributed by atoms with Crippen LogP contribution in [0.25, 0.3) is 0 Å². The highest BCUT2D eigenvalue weighted by Gasteiger charge is 2.34. The fraction of sp³-hybridized carbons (Fsp3) is 0.500. The van der Waals surface area contributed by atoms with Gasteiger partial charge in [0.2, 0.25) is 10.0 Å². The second-order valence-corrected chi connectivity index (χ2v) is 9.35. The Morgan fingerprint density at radius 1 is 0.893 bits per heavy atom. The molecule has 0 aliphatic carbocycles. The van der Waals surface area contributed by atoms with Crippen molar-refractivity contribution in [1.82, 2.24) is 14.4 Å². The molecule has 1 aliphatic heterocycles. The van der Waals surface area contributed by atoms with E-state index in [2.05, 4.69) is 5.16 Å². The van der Waals surface area contributed by atoms with E-state index in [4.69, 9.17) is 4.52 Å². The molecule has 0 bridgehead atoms. The molecular weight excluding hydrogens is 378 g/mol. The third kappa shape index (κ3) is 3.35. The molecule has 1 amide bonds. The molecule has 8 heteroatoms. The second-order valence-electron chi connectivity index (χ2n) is 7.47. The summed E-state index contributed by atoms with van der Waals surface area (Å²) in [5, 5.41) is 3.76. The van der Waals surface area contributed by atoms with Gasteiger partial charge in [0, 0.05) is 32.2 Å². The third-order valence-corrected chi connectivity index (χ3v) is 8.08. The van der Waals surface area contributed by atoms with Crippen LogP contribution in [0.1, 0.15) is 44.1 Å². The number of aromatic nitrogens is 1. The van der Waals surface area contributed by atoms with Gasteiger partial charge in [-0.25, -0.2) is 8.42 Å². The zero-order valence-corrected chi connectivity index (χ0v) is 18.1. The van der Waals surface area contributed by atoms with E-state index in [0.717, 1.165) is 27.8 Å². The first-order valence-corrected chi connectivity index (χ1v) is 10.8. The van der Waals surface area contributed by atoms with Crippen molar-refractivity contribution in [1.29, 1.82) is 0 Å². The number of carbonyl (C=O) groups excluding carboxylic acids is 1. The molecule has 2 heterocycles. The smallest absolute Gasteiger partial charge is 0.276 e. The Balaban J connectivity index is 1.84. The highest BCUT2D eigenvalue weighted by Crippen LogP contribution is 2.32. The fourth-order valence-corrected chi connectivity index (χ4v) is 5.72. The average molecular weight is 406 g/mol. The van der Waals surface area contributed by atoms with Crippen molar-refractivity contribution in [2.45, 2.75) is 46.4 Å². The van der Waals surface area contributed by atoms with E-state index in [0.29, 0.717) is 23.7 Å². The normalized spacial score (nSPS) is 15.9. The van der Waals surface area contributed by atoms with E-state index < -0.39 is 10.0 Å². The van der Waals surface area contributed by atoms with Crippen LogP contribution < -0.4 is 0 Å². The van der Waals surface area contributed by atoms with Crippen molar-refractivity contribution < 1.29 is 17.7 Å². The molecule has 1 aromatic heterocycles. The van der Waals surface area contributed by atoms with Gasteiger partial charge in [-0.2, -0.15) is 4.31 Å². The first kappa shape index (κ1) is 20.5. The largest absolute Gasteiger partial charge is 0.361 e. The van der Waals surface area contributed by atoms with Crippen molar-refractivity contribution >= 4 is 15.9 Å². The second kappa shape index (κ2) is 7.33. The van der Waals surface area contributed by atoms with Crippen LogP contribution in [0.4, 0.5) is 0 Å². The molecule has 0 saturated carbocycles. The SMILES string of the molecule is Cc1cc(C(=O)N2CCN(S(=O)(=O)c3c(C)c(C)c(C)c(C)c3C)CC2)no1. The summed E-state index contributed by atoms with van der Waals surface area (Å²) in [4.78, 5) is 14.5. The van der Waals surface area contributed by atoms with Gasteiger partial charge in [0.15, 0.2) is 5.69 Å². The van der Waals surface area contributed by atoms with Crippen molar-refractivity contribution in [2.75, 3.05) is 26.2 Å². The number of aryl methyl sites for hydroxylation is 1. The maximum atomic E-state index is 13.4. The minimum Gasteiger partial charge on any atom is -0.361 e. The maximum Gasteiger partial charge on any atom is 0.276 e. The van der Waals surface area contributed by atoms with Crippen LogP contribution in [0.3, 0.4) is 0 Å². The lowest BCUT2D eigenvalue weighted by atomic mass is 9.95. The van der Waals surface area contributed by atoms with Gasteiger partial charge in [0.1, 0.15) is 5.76 Å². The van der Waals surface area contributed by atoms with Crippen LogP contribution in [-0.4, -0.2) is 54.9 Å². The molecule has 1 aliphatic rings. The van der Waals surface area contributed by atoms with Crippen LogP contribution in [0.5, 0.6) is 0 Å². The van der Waals surface area contributed by atoms with Gasteiger partial charge in [-0.1, -0.05) is 5.16 Å². The summed E-state index contributed by atoms with van der Waals surface area (Å²) in [6.07, 6.45) is 0. The summed E-state index contributed by atoms with van der Waals surface area (Å²) in [5.74, 6) is 0.337. The van der Waals surface area contributed by atoms with Crippen LogP contribution in [0, 0.1) is 41.5 Å². The van der Waals surface area contributed by atoms with Gasteiger partial charge in [-0.15, -0.1) is 0 Å². The van der Waals surface area contributed by atoms with E-state index in [9.17, 15) is 13.2 Å². The first-order valence-electron chi connectivity index (χ1n) is 9.35. The van der Waals surface area contributed by atoms with Crippen molar-refractivity contribution in [3.05, 3.63) is 45.3 Å². The maximum absolute atomic E-state index is 13.4. The van der Waals surface area contributed by atoms with Crippen molar-refractivity contribution in [2.24, 2.45) is 0 Å². The monoisotopic (exact) mass is 405 g/mol. The molecule has 1 aromatic carbocycles. The highest BCUT2D eigenvalue weighted by molar-refractivity contribution is 7.89. The molecule has 1 fully saturated rings. The number of amides is 1. The Labute approximate surface area is 166 Å². The number of rotatable bonds is 3. The number of sulfonamides is 1. The van der Waals surface area contributed by atoms with E-state index in [1.807, 2.05) is 34.6 Å². The Hall–Kier alpha value is -2.19. The third-order valence-electron chi connectivity index (χ3n) is 5.90. The summed E-state index contributed by atoms with van der Waals surface area (Å²) in [7, 11) is -3.63. The Morgan fingerprint density at radius 2 is 1.39 bits per heavy atom. The molecule has 2 aromatic rings. The van der Waals surface area contributed by atoms with E-state index in [1.165, 1.54) is 4.31 Å². The minimum atomic E-state index is -3.63. The Kier molecular flexibility index (Phi) is 5.38. The first-order chi connectivity index (χ1) is 13.1. The summed E-state index contributed by atoms with van der Waals surface area (Å²) >= 11 is 0. The van der Waals surface area contributed by atoms with Crippen LogP contribution >= 0.6 is 0 Å². The zero-order chi connectivity index (χ0) is 20.8. The lowest BCUT2D eigenvalue weighted by molar-refractivity contribution is 0.0687. The number of piperazine rings is 1. The summed E-state index contributed by atoms with van der Waals surface area (Å²) in [6.45, 7) is 12.6. The van der Waals surface area contributed by atoms with Gasteiger partial charge >= 0.3 is 0 Å². The lowest BCUT2D eigenvalue weighted by Gasteiger charge is -2.34. The molecule has 7 nitrogen and oxygen atoms in total. The summed E-state index contributed by atoms with van der Waals surface area (Å²) in [5.41, 5.74) is 5.01. The van der Waals surface area contributed by atoms with Crippen molar-refractivity contribution in [3.8, 4) is 0 Å². The van der Waals surface area contributed by atoms with Crippen LogP contribution in [0.2, 0.25) is 0 Å². The number of hydrogen-bond donors (Lipinski definition) is 0. The quantitative estimate of drug-likeness (QED) is 0.784.